The maximum absolute atomic E-state index is 11.7. The van der Waals surface area contributed by atoms with Gasteiger partial charge in [-0.1, -0.05) is 36.9 Å². The molecule has 19 heavy (non-hydrogen) atoms. The van der Waals surface area contributed by atoms with E-state index < -0.39 is 5.97 Å². The van der Waals surface area contributed by atoms with E-state index in [0.29, 0.717) is 10.8 Å². The zero-order valence-corrected chi connectivity index (χ0v) is 11.4. The van der Waals surface area contributed by atoms with Crippen LogP contribution in [0.1, 0.15) is 10.4 Å². The molecule has 4 nitrogen and oxygen atoms in total. The Hall–Kier alpha value is -1.94. The molecule has 0 saturated carbocycles. The first-order valence-electron chi connectivity index (χ1n) is 5.53. The van der Waals surface area contributed by atoms with Crippen LogP contribution in [0.5, 0.6) is 11.5 Å². The second kappa shape index (κ2) is 7.48. The summed E-state index contributed by atoms with van der Waals surface area (Å²) in [5, 5.41) is 0.352. The molecule has 0 aliphatic heterocycles. The summed E-state index contributed by atoms with van der Waals surface area (Å²) in [5.74, 6) is 0.0812. The Balaban J connectivity index is 3.25. The van der Waals surface area contributed by atoms with Gasteiger partial charge >= 0.3 is 5.97 Å². The van der Waals surface area contributed by atoms with Gasteiger partial charge in [-0.25, -0.2) is 4.79 Å². The summed E-state index contributed by atoms with van der Waals surface area (Å²) >= 11 is 5.95. The Morgan fingerprint density at radius 2 is 1.89 bits per heavy atom. The summed E-state index contributed by atoms with van der Waals surface area (Å²) < 4.78 is 15.6. The number of ether oxygens (including phenoxy) is 3. The fourth-order valence-corrected chi connectivity index (χ4v) is 1.59. The third kappa shape index (κ3) is 4.03. The number of esters is 1. The Kier molecular flexibility index (Phi) is 5.96. The second-order valence-corrected chi connectivity index (χ2v) is 3.91. The molecular weight excluding hydrogens is 268 g/mol. The smallest absolute Gasteiger partial charge is 0.341 e. The summed E-state index contributed by atoms with van der Waals surface area (Å²) in [6.07, 6.45) is 3.14. The van der Waals surface area contributed by atoms with E-state index in [1.54, 1.807) is 18.2 Å². The zero-order valence-electron chi connectivity index (χ0n) is 10.6. The number of hydrogen-bond donors (Lipinski definition) is 0. The summed E-state index contributed by atoms with van der Waals surface area (Å²) in [6.45, 7) is 7.61. The Morgan fingerprint density at radius 3 is 2.47 bits per heavy atom. The molecule has 0 bridgehead atoms. The van der Waals surface area contributed by atoms with Crippen molar-refractivity contribution < 1.29 is 19.0 Å². The molecule has 0 atom stereocenters. The van der Waals surface area contributed by atoms with Crippen LogP contribution in [0.2, 0.25) is 5.02 Å². The molecule has 0 heterocycles. The molecular formula is C14H15ClO4. The summed E-state index contributed by atoms with van der Waals surface area (Å²) in [6, 6.07) is 3.03. The lowest BCUT2D eigenvalue weighted by Gasteiger charge is -2.14. The minimum absolute atomic E-state index is 0.205. The van der Waals surface area contributed by atoms with E-state index in [1.165, 1.54) is 13.2 Å². The van der Waals surface area contributed by atoms with E-state index in [4.69, 9.17) is 25.8 Å². The predicted molar refractivity (Wildman–Crippen MR) is 74.2 cm³/mol. The van der Waals surface area contributed by atoms with E-state index in [0.717, 1.165) is 0 Å². The van der Waals surface area contributed by atoms with Crippen LogP contribution in [0.3, 0.4) is 0 Å². The van der Waals surface area contributed by atoms with Crippen LogP contribution in [0.4, 0.5) is 0 Å². The Bertz CT molecular complexity index is 483. The van der Waals surface area contributed by atoms with Gasteiger partial charge < -0.3 is 14.2 Å². The fraction of sp³-hybridized carbons (Fsp3) is 0.214. The number of hydrogen-bond acceptors (Lipinski definition) is 4. The molecule has 0 spiro atoms. The number of halogens is 1. The molecule has 5 heteroatoms. The molecule has 0 radical (unpaired) electrons. The van der Waals surface area contributed by atoms with E-state index in [1.807, 2.05) is 0 Å². The number of carbonyl (C=O) groups is 1. The lowest BCUT2D eigenvalue weighted by Crippen LogP contribution is -2.08. The standard InChI is InChI=1S/C14H15ClO4/c1-4-6-18-12-9-10(15)8-11(14(16)17-3)13(12)19-7-5-2/h4-5,8-9H,1-2,6-7H2,3H3. The van der Waals surface area contributed by atoms with Crippen LogP contribution in [-0.2, 0) is 4.74 Å². The summed E-state index contributed by atoms with van der Waals surface area (Å²) in [7, 11) is 1.28. The fourth-order valence-electron chi connectivity index (χ4n) is 1.38. The minimum atomic E-state index is -0.551. The Morgan fingerprint density at radius 1 is 1.26 bits per heavy atom. The monoisotopic (exact) mass is 282 g/mol. The minimum Gasteiger partial charge on any atom is -0.486 e. The van der Waals surface area contributed by atoms with E-state index >= 15 is 0 Å². The second-order valence-electron chi connectivity index (χ2n) is 3.47. The van der Waals surface area contributed by atoms with Crippen molar-refractivity contribution >= 4 is 17.6 Å². The third-order valence-electron chi connectivity index (χ3n) is 2.13. The molecule has 0 aliphatic carbocycles. The summed E-state index contributed by atoms with van der Waals surface area (Å²) in [4.78, 5) is 11.7. The van der Waals surface area contributed by atoms with Gasteiger partial charge in [-0.05, 0) is 6.07 Å². The Labute approximate surface area is 117 Å². The summed E-state index contributed by atoms with van der Waals surface area (Å²) in [5.41, 5.74) is 0.205. The lowest BCUT2D eigenvalue weighted by atomic mass is 10.2. The highest BCUT2D eigenvalue weighted by molar-refractivity contribution is 6.31. The number of rotatable bonds is 7. The molecule has 0 N–H and O–H groups in total. The van der Waals surface area contributed by atoms with Gasteiger partial charge in [0, 0.05) is 11.1 Å². The predicted octanol–water partition coefficient (Wildman–Crippen LogP) is 3.26. The first kappa shape index (κ1) is 15.1. The molecule has 0 aliphatic rings. The number of benzene rings is 1. The average molecular weight is 283 g/mol. The molecule has 102 valence electrons. The third-order valence-corrected chi connectivity index (χ3v) is 2.35. The molecule has 0 aromatic heterocycles. The van der Waals surface area contributed by atoms with Crippen molar-refractivity contribution in [1.82, 2.24) is 0 Å². The van der Waals surface area contributed by atoms with Crippen LogP contribution in [0.15, 0.2) is 37.4 Å². The molecule has 0 amide bonds. The van der Waals surface area contributed by atoms with E-state index in [2.05, 4.69) is 13.2 Å². The van der Waals surface area contributed by atoms with Crippen LogP contribution in [0, 0.1) is 0 Å². The van der Waals surface area contributed by atoms with Crippen molar-refractivity contribution in [2.45, 2.75) is 0 Å². The molecule has 1 aromatic carbocycles. The van der Waals surface area contributed by atoms with Gasteiger partial charge in [-0.15, -0.1) is 0 Å². The largest absolute Gasteiger partial charge is 0.486 e. The van der Waals surface area contributed by atoms with Crippen LogP contribution < -0.4 is 9.47 Å². The SMILES string of the molecule is C=CCOc1cc(Cl)cc(C(=O)OC)c1OCC=C. The van der Waals surface area contributed by atoms with Crippen molar-refractivity contribution in [1.29, 1.82) is 0 Å². The normalized spacial score (nSPS) is 9.58. The lowest BCUT2D eigenvalue weighted by molar-refractivity contribution is 0.0595. The molecule has 0 unspecified atom stereocenters. The number of carbonyl (C=O) groups excluding carboxylic acids is 1. The first-order chi connectivity index (χ1) is 9.13. The van der Waals surface area contributed by atoms with Gasteiger partial charge in [0.2, 0.25) is 0 Å². The highest BCUT2D eigenvalue weighted by Gasteiger charge is 2.19. The van der Waals surface area contributed by atoms with Gasteiger partial charge in [-0.3, -0.25) is 0 Å². The van der Waals surface area contributed by atoms with Gasteiger partial charge in [0.15, 0.2) is 11.5 Å². The van der Waals surface area contributed by atoms with Crippen molar-refractivity contribution in [3.8, 4) is 11.5 Å². The molecule has 1 rings (SSSR count). The maximum Gasteiger partial charge on any atom is 0.341 e. The van der Waals surface area contributed by atoms with Crippen molar-refractivity contribution in [2.24, 2.45) is 0 Å². The molecule has 0 saturated heterocycles. The van der Waals surface area contributed by atoms with Crippen molar-refractivity contribution in [3.05, 3.63) is 48.0 Å². The van der Waals surface area contributed by atoms with Gasteiger partial charge in [0.05, 0.1) is 7.11 Å². The van der Waals surface area contributed by atoms with E-state index in [9.17, 15) is 4.79 Å². The highest BCUT2D eigenvalue weighted by Crippen LogP contribution is 2.35. The maximum atomic E-state index is 11.7. The zero-order chi connectivity index (χ0) is 14.3. The van der Waals surface area contributed by atoms with Crippen LogP contribution in [-0.4, -0.2) is 26.3 Å². The van der Waals surface area contributed by atoms with Gasteiger partial charge in [0.1, 0.15) is 18.8 Å². The van der Waals surface area contributed by atoms with Crippen molar-refractivity contribution in [2.75, 3.05) is 20.3 Å². The highest BCUT2D eigenvalue weighted by atomic mass is 35.5. The van der Waals surface area contributed by atoms with Crippen LogP contribution >= 0.6 is 11.6 Å². The number of methoxy groups -OCH3 is 1. The first-order valence-corrected chi connectivity index (χ1v) is 5.91. The van der Waals surface area contributed by atoms with Crippen LogP contribution in [0.25, 0.3) is 0 Å². The molecule has 0 fully saturated rings. The van der Waals surface area contributed by atoms with Crippen molar-refractivity contribution in [3.63, 3.8) is 0 Å². The molecule has 1 aromatic rings. The van der Waals surface area contributed by atoms with Gasteiger partial charge in [-0.2, -0.15) is 0 Å². The van der Waals surface area contributed by atoms with Gasteiger partial charge in [0.25, 0.3) is 0 Å². The van der Waals surface area contributed by atoms with E-state index in [-0.39, 0.29) is 24.5 Å². The average Bonchev–Trinajstić information content (AvgIpc) is 2.42. The topological polar surface area (TPSA) is 44.8 Å². The quantitative estimate of drug-likeness (QED) is 0.569.